The van der Waals surface area contributed by atoms with E-state index in [1.54, 1.807) is 0 Å². The average molecular weight is 245 g/mol. The summed E-state index contributed by atoms with van der Waals surface area (Å²) in [5.74, 6) is -0.135. The third-order valence-electron chi connectivity index (χ3n) is 2.35. The molecule has 0 aromatic rings. The van der Waals surface area contributed by atoms with E-state index in [1.165, 1.54) is 0 Å². The molecule has 4 heteroatoms. The largest absolute Gasteiger partial charge is 0.465 e. The normalized spacial score (nSPS) is 12.4. The minimum atomic E-state index is -0.161. The molecule has 0 aromatic heterocycles. The standard InChI is InChI=1S/C13H27NO3/c1-4-8-12(13(15)17-6-3)14-9-7-11-16-10-5-2/h12,14H,4-11H2,1-3H3. The lowest BCUT2D eigenvalue weighted by atomic mass is 10.1. The molecule has 17 heavy (non-hydrogen) atoms. The summed E-state index contributed by atoms with van der Waals surface area (Å²) in [7, 11) is 0. The first-order valence-electron chi connectivity index (χ1n) is 6.73. The second-order valence-electron chi connectivity index (χ2n) is 4.01. The molecule has 0 aliphatic carbocycles. The van der Waals surface area contributed by atoms with Crippen LogP contribution in [-0.4, -0.2) is 38.4 Å². The molecule has 0 bridgehead atoms. The van der Waals surface area contributed by atoms with E-state index in [1.807, 2.05) is 6.92 Å². The number of rotatable bonds is 11. The average Bonchev–Trinajstić information content (AvgIpc) is 2.32. The smallest absolute Gasteiger partial charge is 0.323 e. The van der Waals surface area contributed by atoms with E-state index in [2.05, 4.69) is 19.2 Å². The van der Waals surface area contributed by atoms with Gasteiger partial charge < -0.3 is 14.8 Å². The second-order valence-corrected chi connectivity index (χ2v) is 4.01. The topological polar surface area (TPSA) is 47.6 Å². The van der Waals surface area contributed by atoms with Gasteiger partial charge in [0.05, 0.1) is 6.61 Å². The van der Waals surface area contributed by atoms with Crippen LogP contribution >= 0.6 is 0 Å². The van der Waals surface area contributed by atoms with Gasteiger partial charge in [-0.05, 0) is 32.7 Å². The maximum Gasteiger partial charge on any atom is 0.323 e. The summed E-state index contributed by atoms with van der Waals surface area (Å²) in [6.45, 7) is 8.81. The molecule has 0 saturated carbocycles. The summed E-state index contributed by atoms with van der Waals surface area (Å²) < 4.78 is 10.4. The van der Waals surface area contributed by atoms with Gasteiger partial charge in [-0.1, -0.05) is 20.3 Å². The van der Waals surface area contributed by atoms with Crippen LogP contribution in [-0.2, 0) is 14.3 Å². The van der Waals surface area contributed by atoms with E-state index in [4.69, 9.17) is 9.47 Å². The van der Waals surface area contributed by atoms with Gasteiger partial charge in [0.1, 0.15) is 6.04 Å². The highest BCUT2D eigenvalue weighted by atomic mass is 16.5. The molecular formula is C13H27NO3. The molecule has 0 aliphatic rings. The second kappa shape index (κ2) is 11.9. The number of ether oxygens (including phenoxy) is 2. The van der Waals surface area contributed by atoms with Crippen LogP contribution in [0, 0.1) is 0 Å². The van der Waals surface area contributed by atoms with Crippen LogP contribution in [0.4, 0.5) is 0 Å². The molecule has 0 aliphatic heterocycles. The van der Waals surface area contributed by atoms with Crippen LogP contribution in [0.2, 0.25) is 0 Å². The Morgan fingerprint density at radius 1 is 1.18 bits per heavy atom. The zero-order valence-electron chi connectivity index (χ0n) is 11.5. The number of nitrogens with one attached hydrogen (secondary N) is 1. The van der Waals surface area contributed by atoms with Crippen LogP contribution in [0.25, 0.3) is 0 Å². The van der Waals surface area contributed by atoms with Crippen molar-refractivity contribution in [3.05, 3.63) is 0 Å². The molecule has 0 heterocycles. The third-order valence-corrected chi connectivity index (χ3v) is 2.35. The molecule has 0 fully saturated rings. The van der Waals surface area contributed by atoms with Gasteiger partial charge in [0.25, 0.3) is 0 Å². The van der Waals surface area contributed by atoms with Crippen molar-refractivity contribution in [2.45, 2.75) is 52.5 Å². The summed E-state index contributed by atoms with van der Waals surface area (Å²) in [6.07, 6.45) is 3.78. The first kappa shape index (κ1) is 16.4. The maximum atomic E-state index is 11.6. The minimum Gasteiger partial charge on any atom is -0.465 e. The summed E-state index contributed by atoms with van der Waals surface area (Å²) >= 11 is 0. The fraction of sp³-hybridized carbons (Fsp3) is 0.923. The molecule has 0 spiro atoms. The van der Waals surface area contributed by atoms with Gasteiger partial charge in [-0.3, -0.25) is 4.79 Å². The highest BCUT2D eigenvalue weighted by Gasteiger charge is 2.17. The summed E-state index contributed by atoms with van der Waals surface area (Å²) in [5, 5.41) is 3.23. The predicted octanol–water partition coefficient (Wildman–Crippen LogP) is 2.12. The van der Waals surface area contributed by atoms with Gasteiger partial charge in [-0.2, -0.15) is 0 Å². The minimum absolute atomic E-state index is 0.135. The molecule has 1 atom stereocenters. The van der Waals surface area contributed by atoms with Crippen LogP contribution < -0.4 is 5.32 Å². The zero-order chi connectivity index (χ0) is 12.9. The highest BCUT2D eigenvalue weighted by molar-refractivity contribution is 5.75. The molecule has 0 radical (unpaired) electrons. The number of esters is 1. The Labute approximate surface area is 105 Å². The van der Waals surface area contributed by atoms with Gasteiger partial charge in [0, 0.05) is 13.2 Å². The Balaban J connectivity index is 3.65. The van der Waals surface area contributed by atoms with Crippen molar-refractivity contribution in [3.8, 4) is 0 Å². The number of carbonyl (C=O) groups is 1. The fourth-order valence-corrected chi connectivity index (χ4v) is 1.53. The Morgan fingerprint density at radius 2 is 1.94 bits per heavy atom. The predicted molar refractivity (Wildman–Crippen MR) is 69.1 cm³/mol. The van der Waals surface area contributed by atoms with Crippen LogP contribution in [0.5, 0.6) is 0 Å². The Hall–Kier alpha value is -0.610. The first-order valence-corrected chi connectivity index (χ1v) is 6.73. The van der Waals surface area contributed by atoms with E-state index < -0.39 is 0 Å². The fourth-order valence-electron chi connectivity index (χ4n) is 1.53. The number of hydrogen-bond donors (Lipinski definition) is 1. The molecule has 0 aromatic carbocycles. The first-order chi connectivity index (χ1) is 8.26. The maximum absolute atomic E-state index is 11.6. The van der Waals surface area contributed by atoms with E-state index in [0.29, 0.717) is 6.61 Å². The van der Waals surface area contributed by atoms with Gasteiger partial charge in [-0.25, -0.2) is 0 Å². The molecule has 102 valence electrons. The monoisotopic (exact) mass is 245 g/mol. The van der Waals surface area contributed by atoms with Crippen molar-refractivity contribution in [2.75, 3.05) is 26.4 Å². The lowest BCUT2D eigenvalue weighted by Crippen LogP contribution is -2.38. The summed E-state index contributed by atoms with van der Waals surface area (Å²) in [4.78, 5) is 11.6. The highest BCUT2D eigenvalue weighted by Crippen LogP contribution is 2.00. The van der Waals surface area contributed by atoms with Crippen molar-refractivity contribution >= 4 is 5.97 Å². The van der Waals surface area contributed by atoms with Crippen LogP contribution in [0.15, 0.2) is 0 Å². The summed E-state index contributed by atoms with van der Waals surface area (Å²) in [6, 6.07) is -0.161. The van der Waals surface area contributed by atoms with Crippen molar-refractivity contribution in [1.29, 1.82) is 0 Å². The lowest BCUT2D eigenvalue weighted by Gasteiger charge is -2.16. The van der Waals surface area contributed by atoms with Gasteiger partial charge >= 0.3 is 5.97 Å². The third kappa shape index (κ3) is 9.12. The number of carbonyl (C=O) groups excluding carboxylic acids is 1. The quantitative estimate of drug-likeness (QED) is 0.447. The van der Waals surface area contributed by atoms with Crippen molar-refractivity contribution in [3.63, 3.8) is 0 Å². The van der Waals surface area contributed by atoms with Crippen molar-refractivity contribution < 1.29 is 14.3 Å². The molecular weight excluding hydrogens is 218 g/mol. The SMILES string of the molecule is CCCOCCCNC(CCC)C(=O)OCC. The Morgan fingerprint density at radius 3 is 2.53 bits per heavy atom. The molecule has 1 unspecified atom stereocenters. The Kier molecular flexibility index (Phi) is 11.4. The van der Waals surface area contributed by atoms with E-state index in [-0.39, 0.29) is 12.0 Å². The van der Waals surface area contributed by atoms with E-state index in [0.717, 1.165) is 45.4 Å². The Bertz CT molecular complexity index is 186. The van der Waals surface area contributed by atoms with Crippen molar-refractivity contribution in [2.24, 2.45) is 0 Å². The van der Waals surface area contributed by atoms with Crippen LogP contribution in [0.1, 0.15) is 46.5 Å². The number of hydrogen-bond acceptors (Lipinski definition) is 4. The summed E-state index contributed by atoms with van der Waals surface area (Å²) in [5.41, 5.74) is 0. The molecule has 4 nitrogen and oxygen atoms in total. The van der Waals surface area contributed by atoms with Crippen LogP contribution in [0.3, 0.4) is 0 Å². The molecule has 1 N–H and O–H groups in total. The van der Waals surface area contributed by atoms with Gasteiger partial charge in [0.15, 0.2) is 0 Å². The van der Waals surface area contributed by atoms with Gasteiger partial charge in [-0.15, -0.1) is 0 Å². The molecule has 0 rings (SSSR count). The molecule has 0 amide bonds. The molecule has 0 saturated heterocycles. The van der Waals surface area contributed by atoms with E-state index in [9.17, 15) is 4.79 Å². The lowest BCUT2D eigenvalue weighted by molar-refractivity contribution is -0.145. The van der Waals surface area contributed by atoms with Crippen molar-refractivity contribution in [1.82, 2.24) is 5.32 Å². The van der Waals surface area contributed by atoms with E-state index >= 15 is 0 Å². The van der Waals surface area contributed by atoms with Gasteiger partial charge in [0.2, 0.25) is 0 Å². The zero-order valence-corrected chi connectivity index (χ0v) is 11.5.